The van der Waals surface area contributed by atoms with Gasteiger partial charge in [-0.2, -0.15) is 5.10 Å². The van der Waals surface area contributed by atoms with Gasteiger partial charge >= 0.3 is 0 Å². The maximum Gasteiger partial charge on any atom is 0.256 e. The van der Waals surface area contributed by atoms with Gasteiger partial charge in [0.15, 0.2) is 5.82 Å². The Bertz CT molecular complexity index is 754. The number of H-pyrrole nitrogens is 1. The number of hydrogen-bond acceptors (Lipinski definition) is 2. The molecule has 21 heavy (non-hydrogen) atoms. The Morgan fingerprint density at radius 1 is 1.00 bits per heavy atom. The van der Waals surface area contributed by atoms with E-state index in [1.165, 1.54) is 0 Å². The molecule has 104 valence electrons. The number of halogens is 1. The van der Waals surface area contributed by atoms with Crippen LogP contribution >= 0.6 is 15.9 Å². The van der Waals surface area contributed by atoms with Crippen molar-refractivity contribution < 1.29 is 4.79 Å². The second-order valence-electron chi connectivity index (χ2n) is 4.45. The Labute approximate surface area is 130 Å². The number of carbonyl (C=O) groups is 1. The van der Waals surface area contributed by atoms with Crippen LogP contribution in [0.5, 0.6) is 0 Å². The molecule has 0 saturated carbocycles. The molecule has 0 atom stereocenters. The predicted octanol–water partition coefficient (Wildman–Crippen LogP) is 4.09. The topological polar surface area (TPSA) is 57.8 Å². The average molecular weight is 342 g/mol. The van der Waals surface area contributed by atoms with E-state index in [9.17, 15) is 4.79 Å². The largest absolute Gasteiger partial charge is 0.304 e. The molecule has 2 N–H and O–H groups in total. The van der Waals surface area contributed by atoms with Crippen LogP contribution in [0.3, 0.4) is 0 Å². The first kappa shape index (κ1) is 13.6. The van der Waals surface area contributed by atoms with Gasteiger partial charge in [0.25, 0.3) is 5.91 Å². The highest BCUT2D eigenvalue weighted by atomic mass is 79.9. The lowest BCUT2D eigenvalue weighted by Crippen LogP contribution is -2.12. The molecule has 0 bridgehead atoms. The molecule has 0 fully saturated rings. The normalized spacial score (nSPS) is 10.3. The van der Waals surface area contributed by atoms with Gasteiger partial charge in [0, 0.05) is 11.1 Å². The lowest BCUT2D eigenvalue weighted by atomic mass is 10.1. The van der Waals surface area contributed by atoms with Crippen molar-refractivity contribution in [3.63, 3.8) is 0 Å². The summed E-state index contributed by atoms with van der Waals surface area (Å²) in [5.74, 6) is 0.283. The van der Waals surface area contributed by atoms with Crippen molar-refractivity contribution in [2.24, 2.45) is 0 Å². The molecule has 0 spiro atoms. The summed E-state index contributed by atoms with van der Waals surface area (Å²) in [5.41, 5.74) is 2.42. The Morgan fingerprint density at radius 3 is 2.29 bits per heavy atom. The summed E-state index contributed by atoms with van der Waals surface area (Å²) in [5, 5.41) is 9.88. The zero-order chi connectivity index (χ0) is 14.7. The Balaban J connectivity index is 1.85. The standard InChI is InChI=1S/C16H12BrN3O/c17-13-14(11-7-3-1-4-8-11)19-20-15(13)18-16(21)12-9-5-2-6-10-12/h1-10H,(H2,18,19,20,21). The van der Waals surface area contributed by atoms with Gasteiger partial charge in [-0.1, -0.05) is 48.5 Å². The summed E-state index contributed by atoms with van der Waals surface area (Å²) < 4.78 is 0.734. The fraction of sp³-hybridized carbons (Fsp3) is 0. The summed E-state index contributed by atoms with van der Waals surface area (Å²) in [6.07, 6.45) is 0. The average Bonchev–Trinajstić information content (AvgIpc) is 2.90. The number of nitrogens with zero attached hydrogens (tertiary/aromatic N) is 1. The van der Waals surface area contributed by atoms with Crippen molar-refractivity contribution >= 4 is 27.7 Å². The summed E-state index contributed by atoms with van der Waals surface area (Å²) in [7, 11) is 0. The van der Waals surface area contributed by atoms with Crippen LogP contribution in [0.15, 0.2) is 65.1 Å². The minimum atomic E-state index is -0.192. The maximum absolute atomic E-state index is 12.1. The number of benzene rings is 2. The summed E-state index contributed by atoms with van der Waals surface area (Å²) >= 11 is 3.48. The van der Waals surface area contributed by atoms with E-state index in [1.54, 1.807) is 12.1 Å². The third-order valence-corrected chi connectivity index (χ3v) is 3.81. The van der Waals surface area contributed by atoms with E-state index in [2.05, 4.69) is 31.4 Å². The smallest absolute Gasteiger partial charge is 0.256 e. The van der Waals surface area contributed by atoms with Crippen LogP contribution in [0, 0.1) is 0 Å². The lowest BCUT2D eigenvalue weighted by Gasteiger charge is -2.02. The molecule has 0 saturated heterocycles. The molecule has 3 aromatic rings. The van der Waals surface area contributed by atoms with Gasteiger partial charge in [0.05, 0.1) is 10.2 Å². The van der Waals surface area contributed by atoms with Crippen LogP contribution < -0.4 is 5.32 Å². The Kier molecular flexibility index (Phi) is 3.83. The molecule has 0 aliphatic carbocycles. The minimum Gasteiger partial charge on any atom is -0.304 e. The zero-order valence-electron chi connectivity index (χ0n) is 11.0. The van der Waals surface area contributed by atoms with Gasteiger partial charge in [-0.15, -0.1) is 0 Å². The highest BCUT2D eigenvalue weighted by Crippen LogP contribution is 2.31. The van der Waals surface area contributed by atoms with E-state index in [0.717, 1.165) is 15.7 Å². The number of aromatic amines is 1. The van der Waals surface area contributed by atoms with Gasteiger partial charge in [0.2, 0.25) is 0 Å². The first-order chi connectivity index (χ1) is 10.3. The molecule has 5 heteroatoms. The number of carbonyl (C=O) groups excluding carboxylic acids is 1. The molecular weight excluding hydrogens is 330 g/mol. The van der Waals surface area contributed by atoms with Crippen LogP contribution in [-0.4, -0.2) is 16.1 Å². The molecule has 3 rings (SSSR count). The third kappa shape index (κ3) is 2.87. The maximum atomic E-state index is 12.1. The number of nitrogens with one attached hydrogen (secondary N) is 2. The quantitative estimate of drug-likeness (QED) is 0.753. The number of rotatable bonds is 3. The number of anilines is 1. The van der Waals surface area contributed by atoms with Crippen molar-refractivity contribution in [3.05, 3.63) is 70.7 Å². The molecular formula is C16H12BrN3O. The predicted molar refractivity (Wildman–Crippen MR) is 86.1 cm³/mol. The molecule has 0 unspecified atom stereocenters. The lowest BCUT2D eigenvalue weighted by molar-refractivity contribution is 0.102. The first-order valence-electron chi connectivity index (χ1n) is 6.41. The molecule has 0 aliphatic heterocycles. The fourth-order valence-electron chi connectivity index (χ4n) is 1.98. The third-order valence-electron chi connectivity index (χ3n) is 3.04. The molecule has 4 nitrogen and oxygen atoms in total. The molecule has 0 aliphatic rings. The molecule has 1 aromatic heterocycles. The first-order valence-corrected chi connectivity index (χ1v) is 7.20. The zero-order valence-corrected chi connectivity index (χ0v) is 12.6. The van der Waals surface area contributed by atoms with E-state index in [0.29, 0.717) is 11.4 Å². The van der Waals surface area contributed by atoms with Crippen molar-refractivity contribution in [1.82, 2.24) is 10.2 Å². The van der Waals surface area contributed by atoms with Crippen LogP contribution in [-0.2, 0) is 0 Å². The Hall–Kier alpha value is -2.40. The molecule has 1 amide bonds. The summed E-state index contributed by atoms with van der Waals surface area (Å²) in [6, 6.07) is 18.8. The van der Waals surface area contributed by atoms with Crippen LogP contribution in [0.1, 0.15) is 10.4 Å². The van der Waals surface area contributed by atoms with Gasteiger partial charge in [0.1, 0.15) is 0 Å². The van der Waals surface area contributed by atoms with Crippen LogP contribution in [0.25, 0.3) is 11.3 Å². The number of hydrogen-bond donors (Lipinski definition) is 2. The van der Waals surface area contributed by atoms with Crippen molar-refractivity contribution in [3.8, 4) is 11.3 Å². The molecule has 2 aromatic carbocycles. The Morgan fingerprint density at radius 2 is 1.62 bits per heavy atom. The second-order valence-corrected chi connectivity index (χ2v) is 5.24. The fourth-order valence-corrected chi connectivity index (χ4v) is 2.48. The highest BCUT2D eigenvalue weighted by Gasteiger charge is 2.15. The SMILES string of the molecule is O=C(Nc1n[nH]c(-c2ccccc2)c1Br)c1ccccc1. The van der Waals surface area contributed by atoms with E-state index in [-0.39, 0.29) is 5.91 Å². The van der Waals surface area contributed by atoms with Gasteiger partial charge in [-0.05, 0) is 28.1 Å². The van der Waals surface area contributed by atoms with E-state index in [4.69, 9.17) is 0 Å². The van der Waals surface area contributed by atoms with Crippen LogP contribution in [0.4, 0.5) is 5.82 Å². The molecule has 1 heterocycles. The van der Waals surface area contributed by atoms with Crippen molar-refractivity contribution in [1.29, 1.82) is 0 Å². The van der Waals surface area contributed by atoms with E-state index >= 15 is 0 Å². The highest BCUT2D eigenvalue weighted by molar-refractivity contribution is 9.10. The van der Waals surface area contributed by atoms with Gasteiger partial charge in [-0.25, -0.2) is 0 Å². The van der Waals surface area contributed by atoms with E-state index < -0.39 is 0 Å². The van der Waals surface area contributed by atoms with Crippen LogP contribution in [0.2, 0.25) is 0 Å². The van der Waals surface area contributed by atoms with Gasteiger partial charge < -0.3 is 5.32 Å². The monoisotopic (exact) mass is 341 g/mol. The van der Waals surface area contributed by atoms with Crippen molar-refractivity contribution in [2.75, 3.05) is 5.32 Å². The second kappa shape index (κ2) is 5.93. The molecule has 0 radical (unpaired) electrons. The number of amides is 1. The van der Waals surface area contributed by atoms with Gasteiger partial charge in [-0.3, -0.25) is 9.89 Å². The van der Waals surface area contributed by atoms with Crippen molar-refractivity contribution in [2.45, 2.75) is 0 Å². The summed E-state index contributed by atoms with van der Waals surface area (Å²) in [4.78, 5) is 12.1. The summed E-state index contributed by atoms with van der Waals surface area (Å²) in [6.45, 7) is 0. The van der Waals surface area contributed by atoms with E-state index in [1.807, 2.05) is 48.5 Å². The number of aromatic nitrogens is 2. The minimum absolute atomic E-state index is 0.192.